The van der Waals surface area contributed by atoms with Gasteiger partial charge >= 0.3 is 6.09 Å². The number of hydrogen-bond donors (Lipinski definition) is 0. The molecule has 3 rings (SSSR count). The zero-order chi connectivity index (χ0) is 14.5. The Bertz CT molecular complexity index is 686. The van der Waals surface area contributed by atoms with Crippen molar-refractivity contribution in [3.63, 3.8) is 0 Å². The van der Waals surface area contributed by atoms with Crippen LogP contribution in [0.2, 0.25) is 0 Å². The molecule has 2 aromatic heterocycles. The van der Waals surface area contributed by atoms with Crippen LogP contribution in [-0.4, -0.2) is 36.2 Å². The van der Waals surface area contributed by atoms with E-state index in [-0.39, 0.29) is 6.09 Å². The van der Waals surface area contributed by atoms with Crippen molar-refractivity contribution in [2.45, 2.75) is 46.4 Å². The molecule has 0 fully saturated rings. The Morgan fingerprint density at radius 1 is 1.35 bits per heavy atom. The van der Waals surface area contributed by atoms with E-state index in [2.05, 4.69) is 15.2 Å². The molecule has 0 N–H and O–H groups in total. The van der Waals surface area contributed by atoms with Gasteiger partial charge in [-0.15, -0.1) is 10.2 Å². The van der Waals surface area contributed by atoms with Crippen molar-refractivity contribution in [1.82, 2.24) is 24.5 Å². The molecule has 0 aliphatic carbocycles. The lowest BCUT2D eigenvalue weighted by Crippen LogP contribution is -2.33. The lowest BCUT2D eigenvalue weighted by Gasteiger charge is -2.24. The van der Waals surface area contributed by atoms with E-state index >= 15 is 0 Å². The molecule has 0 saturated heterocycles. The maximum absolute atomic E-state index is 12.2. The van der Waals surface area contributed by atoms with Gasteiger partial charge in [0.1, 0.15) is 11.9 Å². The molecule has 0 bridgehead atoms. The largest absolute Gasteiger partial charge is 0.444 e. The van der Waals surface area contributed by atoms with Crippen LogP contribution in [0.5, 0.6) is 0 Å². The summed E-state index contributed by atoms with van der Waals surface area (Å²) in [6.45, 7) is 8.50. The van der Waals surface area contributed by atoms with E-state index in [1.165, 1.54) is 0 Å². The minimum Gasteiger partial charge on any atom is -0.444 e. The molecule has 1 amide bonds. The maximum atomic E-state index is 12.2. The predicted octanol–water partition coefficient (Wildman–Crippen LogP) is 1.68. The van der Waals surface area contributed by atoms with Crippen LogP contribution in [0.25, 0.3) is 5.78 Å². The molecular formula is C13H17N5O2. The first-order valence-corrected chi connectivity index (χ1v) is 6.51. The van der Waals surface area contributed by atoms with Gasteiger partial charge in [0.25, 0.3) is 5.78 Å². The Kier molecular flexibility index (Phi) is 2.67. The SMILES string of the molecule is Cc1nc2nncn2c2c1CN(C(=O)OC(C)(C)C)C2. The maximum Gasteiger partial charge on any atom is 0.410 e. The van der Waals surface area contributed by atoms with Crippen LogP contribution < -0.4 is 0 Å². The van der Waals surface area contributed by atoms with Gasteiger partial charge in [0.05, 0.1) is 18.8 Å². The number of aromatic nitrogens is 4. The van der Waals surface area contributed by atoms with Crippen LogP contribution >= 0.6 is 0 Å². The standard InChI is InChI=1S/C13H17N5O2/c1-8-9-5-17(12(19)20-13(2,3)4)6-10(9)18-7-14-16-11(18)15-8/h7H,5-6H2,1-4H3. The molecule has 2 aromatic rings. The summed E-state index contributed by atoms with van der Waals surface area (Å²) in [5, 5.41) is 7.82. The number of ether oxygens (including phenoxy) is 1. The third-order valence-electron chi connectivity index (χ3n) is 3.21. The summed E-state index contributed by atoms with van der Waals surface area (Å²) >= 11 is 0. The van der Waals surface area contributed by atoms with Gasteiger partial charge in [-0.2, -0.15) is 0 Å². The number of fused-ring (bicyclic) bond motifs is 3. The molecule has 0 atom stereocenters. The summed E-state index contributed by atoms with van der Waals surface area (Å²) in [6, 6.07) is 0. The fraction of sp³-hybridized carbons (Fsp3) is 0.538. The number of rotatable bonds is 0. The number of nitrogens with zero attached hydrogens (tertiary/aromatic N) is 5. The second-order valence-corrected chi connectivity index (χ2v) is 5.96. The summed E-state index contributed by atoms with van der Waals surface area (Å²) in [4.78, 5) is 18.2. The summed E-state index contributed by atoms with van der Waals surface area (Å²) < 4.78 is 7.24. The van der Waals surface area contributed by atoms with E-state index < -0.39 is 5.60 Å². The van der Waals surface area contributed by atoms with Crippen LogP contribution in [0, 0.1) is 6.92 Å². The highest BCUT2D eigenvalue weighted by atomic mass is 16.6. The first-order valence-electron chi connectivity index (χ1n) is 6.51. The molecule has 106 valence electrons. The summed E-state index contributed by atoms with van der Waals surface area (Å²) in [6.07, 6.45) is 1.31. The molecule has 20 heavy (non-hydrogen) atoms. The van der Waals surface area contributed by atoms with E-state index in [9.17, 15) is 4.79 Å². The van der Waals surface area contributed by atoms with Gasteiger partial charge in [0, 0.05) is 11.3 Å². The number of amides is 1. The van der Waals surface area contributed by atoms with Crippen molar-refractivity contribution < 1.29 is 9.53 Å². The predicted molar refractivity (Wildman–Crippen MR) is 71.0 cm³/mol. The van der Waals surface area contributed by atoms with Crippen molar-refractivity contribution in [2.75, 3.05) is 0 Å². The zero-order valence-corrected chi connectivity index (χ0v) is 12.0. The molecule has 3 heterocycles. The molecule has 0 saturated carbocycles. The first-order chi connectivity index (χ1) is 9.35. The molecule has 1 aliphatic heterocycles. The van der Waals surface area contributed by atoms with E-state index in [1.54, 1.807) is 11.2 Å². The Morgan fingerprint density at radius 2 is 2.10 bits per heavy atom. The van der Waals surface area contributed by atoms with Crippen LogP contribution in [0.15, 0.2) is 6.33 Å². The average Bonchev–Trinajstić information content (AvgIpc) is 2.90. The fourth-order valence-corrected chi connectivity index (χ4v) is 2.33. The quantitative estimate of drug-likeness (QED) is 0.731. The van der Waals surface area contributed by atoms with Gasteiger partial charge in [-0.3, -0.25) is 9.30 Å². The third kappa shape index (κ3) is 2.09. The highest BCUT2D eigenvalue weighted by Crippen LogP contribution is 2.26. The Labute approximate surface area is 116 Å². The minimum atomic E-state index is -0.495. The summed E-state index contributed by atoms with van der Waals surface area (Å²) in [5.74, 6) is 0.562. The van der Waals surface area contributed by atoms with Gasteiger partial charge in [0.15, 0.2) is 0 Å². The number of carbonyl (C=O) groups excluding carboxylic acids is 1. The van der Waals surface area contributed by atoms with Gasteiger partial charge in [-0.25, -0.2) is 9.78 Å². The lowest BCUT2D eigenvalue weighted by molar-refractivity contribution is 0.0240. The minimum absolute atomic E-state index is 0.311. The summed E-state index contributed by atoms with van der Waals surface area (Å²) in [7, 11) is 0. The lowest BCUT2D eigenvalue weighted by atomic mass is 10.2. The van der Waals surface area contributed by atoms with Crippen LogP contribution in [0.3, 0.4) is 0 Å². The molecule has 0 spiro atoms. The van der Waals surface area contributed by atoms with Crippen molar-refractivity contribution in [3.05, 3.63) is 23.3 Å². The van der Waals surface area contributed by atoms with E-state index in [1.807, 2.05) is 32.1 Å². The van der Waals surface area contributed by atoms with Crippen molar-refractivity contribution in [2.24, 2.45) is 0 Å². The Balaban J connectivity index is 1.92. The highest BCUT2D eigenvalue weighted by molar-refractivity contribution is 5.69. The van der Waals surface area contributed by atoms with Crippen molar-refractivity contribution in [3.8, 4) is 0 Å². The van der Waals surface area contributed by atoms with Gasteiger partial charge < -0.3 is 4.74 Å². The van der Waals surface area contributed by atoms with Gasteiger partial charge in [0.2, 0.25) is 0 Å². The highest BCUT2D eigenvalue weighted by Gasteiger charge is 2.30. The van der Waals surface area contributed by atoms with Crippen molar-refractivity contribution >= 4 is 11.9 Å². The second-order valence-electron chi connectivity index (χ2n) is 5.96. The second kappa shape index (κ2) is 4.16. The number of hydrogen-bond acceptors (Lipinski definition) is 5. The molecule has 0 unspecified atom stereocenters. The normalized spacial score (nSPS) is 14.7. The third-order valence-corrected chi connectivity index (χ3v) is 3.21. The van der Waals surface area contributed by atoms with Gasteiger partial charge in [-0.1, -0.05) is 0 Å². The van der Waals surface area contributed by atoms with E-state index in [0.717, 1.165) is 17.0 Å². The van der Waals surface area contributed by atoms with E-state index in [4.69, 9.17) is 4.74 Å². The van der Waals surface area contributed by atoms with Crippen LogP contribution in [-0.2, 0) is 17.8 Å². The molecule has 1 aliphatic rings. The monoisotopic (exact) mass is 275 g/mol. The number of carbonyl (C=O) groups is 1. The topological polar surface area (TPSA) is 72.6 Å². The Hall–Kier alpha value is -2.18. The summed E-state index contributed by atoms with van der Waals surface area (Å²) in [5.41, 5.74) is 2.43. The first kappa shape index (κ1) is 12.8. The smallest absolute Gasteiger partial charge is 0.410 e. The average molecular weight is 275 g/mol. The van der Waals surface area contributed by atoms with E-state index in [0.29, 0.717) is 18.9 Å². The molecule has 7 heteroatoms. The molecule has 0 radical (unpaired) electrons. The van der Waals surface area contributed by atoms with Gasteiger partial charge in [-0.05, 0) is 27.7 Å². The van der Waals surface area contributed by atoms with Crippen LogP contribution in [0.4, 0.5) is 4.79 Å². The van der Waals surface area contributed by atoms with Crippen LogP contribution in [0.1, 0.15) is 37.7 Å². The number of aryl methyl sites for hydroxylation is 1. The Morgan fingerprint density at radius 3 is 2.80 bits per heavy atom. The molecular weight excluding hydrogens is 258 g/mol. The molecule has 7 nitrogen and oxygen atoms in total. The molecule has 0 aromatic carbocycles. The van der Waals surface area contributed by atoms with Crippen molar-refractivity contribution in [1.29, 1.82) is 0 Å². The zero-order valence-electron chi connectivity index (χ0n) is 12.0. The fourth-order valence-electron chi connectivity index (χ4n) is 2.33.